The first kappa shape index (κ1) is 16.9. The Bertz CT molecular complexity index is 639. The van der Waals surface area contributed by atoms with E-state index in [-0.39, 0.29) is 12.2 Å². The van der Waals surface area contributed by atoms with Gasteiger partial charge in [0.25, 0.3) is 0 Å². The average molecular weight is 323 g/mol. The largest absolute Gasteiger partial charge is 0.508 e. The minimum Gasteiger partial charge on any atom is -0.508 e. The molecule has 2 aromatic rings. The lowest BCUT2D eigenvalue weighted by Gasteiger charge is -2.18. The average Bonchev–Trinajstić information content (AvgIpc) is 2.52. The van der Waals surface area contributed by atoms with Crippen LogP contribution in [-0.2, 0) is 11.2 Å². The number of hydrogen-bond acceptors (Lipinski definition) is 2. The van der Waals surface area contributed by atoms with Crippen molar-refractivity contribution in [3.05, 3.63) is 65.7 Å². The second-order valence-corrected chi connectivity index (χ2v) is 5.17. The molecule has 1 amide bonds. The normalized spacial score (nSPS) is 12.7. The molecule has 0 bridgehead atoms. The summed E-state index contributed by atoms with van der Waals surface area (Å²) >= 11 is 0. The van der Waals surface area contributed by atoms with E-state index in [4.69, 9.17) is 0 Å². The van der Waals surface area contributed by atoms with Crippen molar-refractivity contribution in [3.63, 3.8) is 0 Å². The molecule has 0 aliphatic carbocycles. The van der Waals surface area contributed by atoms with E-state index < -0.39 is 24.5 Å². The second kappa shape index (κ2) is 7.17. The van der Waals surface area contributed by atoms with Crippen LogP contribution in [0.25, 0.3) is 0 Å². The van der Waals surface area contributed by atoms with Crippen LogP contribution in [0.15, 0.2) is 54.6 Å². The summed E-state index contributed by atoms with van der Waals surface area (Å²) in [6.07, 6.45) is -4.20. The second-order valence-electron chi connectivity index (χ2n) is 5.17. The van der Waals surface area contributed by atoms with Crippen LogP contribution in [0.1, 0.15) is 17.0 Å². The summed E-state index contributed by atoms with van der Waals surface area (Å²) in [5.41, 5.74) is 1.39. The fourth-order valence-electron chi connectivity index (χ4n) is 2.23. The maximum atomic E-state index is 12.3. The summed E-state index contributed by atoms with van der Waals surface area (Å²) in [6, 6.07) is 14.9. The Morgan fingerprint density at radius 2 is 1.65 bits per heavy atom. The first-order chi connectivity index (χ1) is 10.8. The van der Waals surface area contributed by atoms with Crippen LogP contribution in [0.4, 0.5) is 13.2 Å². The molecule has 0 aromatic heterocycles. The lowest BCUT2D eigenvalue weighted by molar-refractivity contribution is -0.139. The molecule has 0 unspecified atom stereocenters. The van der Waals surface area contributed by atoms with Gasteiger partial charge < -0.3 is 10.4 Å². The molecule has 0 radical (unpaired) electrons. The molecule has 0 aliphatic heterocycles. The standard InChI is InChI=1S/C17H16F3NO2/c18-17(19,20)11-21-16(23)15(13-4-2-1-3-5-13)10-12-6-8-14(22)9-7-12/h1-9,15,22H,10-11H2,(H,21,23)/t15-/m1/s1. The van der Waals surface area contributed by atoms with Gasteiger partial charge in [0.2, 0.25) is 5.91 Å². The van der Waals surface area contributed by atoms with Crippen LogP contribution in [0.3, 0.4) is 0 Å². The van der Waals surface area contributed by atoms with Gasteiger partial charge >= 0.3 is 6.18 Å². The minimum atomic E-state index is -4.45. The number of benzene rings is 2. The minimum absolute atomic E-state index is 0.0894. The number of phenols is 1. The molecule has 6 heteroatoms. The van der Waals surface area contributed by atoms with Gasteiger partial charge in [-0.2, -0.15) is 13.2 Å². The molecule has 0 aliphatic rings. The Kier molecular flexibility index (Phi) is 5.26. The van der Waals surface area contributed by atoms with Gasteiger partial charge in [0.15, 0.2) is 0 Å². The van der Waals surface area contributed by atoms with Crippen molar-refractivity contribution in [2.75, 3.05) is 6.54 Å². The van der Waals surface area contributed by atoms with Gasteiger partial charge in [0, 0.05) is 0 Å². The number of hydrogen-bond donors (Lipinski definition) is 2. The summed E-state index contributed by atoms with van der Waals surface area (Å²) in [6.45, 7) is -1.36. The molecule has 0 spiro atoms. The van der Waals surface area contributed by atoms with Crippen molar-refractivity contribution < 1.29 is 23.1 Å². The van der Waals surface area contributed by atoms with Crippen molar-refractivity contribution in [2.45, 2.75) is 18.5 Å². The highest BCUT2D eigenvalue weighted by Gasteiger charge is 2.30. The van der Waals surface area contributed by atoms with E-state index in [0.29, 0.717) is 5.56 Å². The molecule has 1 atom stereocenters. The molecule has 0 fully saturated rings. The van der Waals surface area contributed by atoms with Crippen LogP contribution < -0.4 is 5.32 Å². The summed E-state index contributed by atoms with van der Waals surface area (Å²) in [4.78, 5) is 12.2. The molecule has 122 valence electrons. The zero-order valence-electron chi connectivity index (χ0n) is 12.2. The summed E-state index contributed by atoms with van der Waals surface area (Å²) < 4.78 is 36.9. The fourth-order valence-corrected chi connectivity index (χ4v) is 2.23. The van der Waals surface area contributed by atoms with Gasteiger partial charge in [-0.15, -0.1) is 0 Å². The van der Waals surface area contributed by atoms with Crippen molar-refractivity contribution in [1.29, 1.82) is 0 Å². The molecular formula is C17H16F3NO2. The Morgan fingerprint density at radius 1 is 1.04 bits per heavy atom. The molecule has 0 heterocycles. The third-order valence-electron chi connectivity index (χ3n) is 3.36. The topological polar surface area (TPSA) is 49.3 Å². The number of phenolic OH excluding ortho intramolecular Hbond substituents is 1. The number of aromatic hydroxyl groups is 1. The Labute approximate surface area is 131 Å². The quantitative estimate of drug-likeness (QED) is 0.886. The first-order valence-corrected chi connectivity index (χ1v) is 7.02. The zero-order valence-corrected chi connectivity index (χ0v) is 12.2. The van der Waals surface area contributed by atoms with Crippen LogP contribution >= 0.6 is 0 Å². The van der Waals surface area contributed by atoms with E-state index in [1.807, 2.05) is 5.32 Å². The van der Waals surface area contributed by atoms with Crippen LogP contribution in [0.5, 0.6) is 5.75 Å². The van der Waals surface area contributed by atoms with E-state index in [1.54, 1.807) is 42.5 Å². The van der Waals surface area contributed by atoms with Crippen molar-refractivity contribution in [3.8, 4) is 5.75 Å². The monoisotopic (exact) mass is 323 g/mol. The molecule has 2 N–H and O–H groups in total. The Balaban J connectivity index is 2.18. The fraction of sp³-hybridized carbons (Fsp3) is 0.235. The SMILES string of the molecule is O=C(NCC(F)(F)F)[C@H](Cc1ccc(O)cc1)c1ccccc1. The third-order valence-corrected chi connectivity index (χ3v) is 3.36. The lowest BCUT2D eigenvalue weighted by atomic mass is 9.91. The smallest absolute Gasteiger partial charge is 0.405 e. The maximum Gasteiger partial charge on any atom is 0.405 e. The van der Waals surface area contributed by atoms with Crippen LogP contribution in [0, 0.1) is 0 Å². The van der Waals surface area contributed by atoms with Gasteiger partial charge in [-0.25, -0.2) is 0 Å². The third kappa shape index (κ3) is 5.32. The number of alkyl halides is 3. The van der Waals surface area contributed by atoms with Crippen molar-refractivity contribution >= 4 is 5.91 Å². The molecular weight excluding hydrogens is 307 g/mol. The van der Waals surface area contributed by atoms with E-state index in [2.05, 4.69) is 0 Å². The lowest BCUT2D eigenvalue weighted by Crippen LogP contribution is -2.37. The highest BCUT2D eigenvalue weighted by molar-refractivity contribution is 5.84. The number of nitrogens with one attached hydrogen (secondary N) is 1. The van der Waals surface area contributed by atoms with Gasteiger partial charge in [-0.1, -0.05) is 42.5 Å². The van der Waals surface area contributed by atoms with E-state index in [1.165, 1.54) is 12.1 Å². The van der Waals surface area contributed by atoms with Crippen LogP contribution in [-0.4, -0.2) is 23.7 Å². The molecule has 3 nitrogen and oxygen atoms in total. The van der Waals surface area contributed by atoms with Gasteiger partial charge in [0.1, 0.15) is 12.3 Å². The predicted octanol–water partition coefficient (Wildman–Crippen LogP) is 3.40. The van der Waals surface area contributed by atoms with Crippen molar-refractivity contribution in [2.24, 2.45) is 0 Å². The first-order valence-electron chi connectivity index (χ1n) is 7.02. The predicted molar refractivity (Wildman–Crippen MR) is 80.1 cm³/mol. The van der Waals surface area contributed by atoms with E-state index in [9.17, 15) is 23.1 Å². The van der Waals surface area contributed by atoms with E-state index >= 15 is 0 Å². The van der Waals surface area contributed by atoms with Crippen LogP contribution in [0.2, 0.25) is 0 Å². The maximum absolute atomic E-state index is 12.3. The van der Waals surface area contributed by atoms with E-state index in [0.717, 1.165) is 5.56 Å². The Hall–Kier alpha value is -2.50. The number of carbonyl (C=O) groups excluding carboxylic acids is 1. The number of amides is 1. The number of halogens is 3. The van der Waals surface area contributed by atoms with Gasteiger partial charge in [0.05, 0.1) is 5.92 Å². The summed E-state index contributed by atoms with van der Waals surface area (Å²) in [5, 5.41) is 11.2. The highest BCUT2D eigenvalue weighted by atomic mass is 19.4. The molecule has 0 saturated carbocycles. The number of carbonyl (C=O) groups is 1. The molecule has 0 saturated heterocycles. The summed E-state index contributed by atoms with van der Waals surface area (Å²) in [5.74, 6) is -1.32. The molecule has 2 aromatic carbocycles. The Morgan fingerprint density at radius 3 is 2.22 bits per heavy atom. The number of rotatable bonds is 5. The van der Waals surface area contributed by atoms with Gasteiger partial charge in [-0.05, 0) is 29.7 Å². The molecule has 2 rings (SSSR count). The highest BCUT2D eigenvalue weighted by Crippen LogP contribution is 2.23. The zero-order chi connectivity index (χ0) is 16.9. The molecule has 23 heavy (non-hydrogen) atoms. The summed E-state index contributed by atoms with van der Waals surface area (Å²) in [7, 11) is 0. The van der Waals surface area contributed by atoms with Gasteiger partial charge in [-0.3, -0.25) is 4.79 Å². The van der Waals surface area contributed by atoms with Crippen molar-refractivity contribution in [1.82, 2.24) is 5.32 Å².